The van der Waals surface area contributed by atoms with Crippen molar-refractivity contribution in [3.8, 4) is 11.5 Å². The van der Waals surface area contributed by atoms with Gasteiger partial charge in [-0.05, 0) is 48.2 Å². The van der Waals surface area contributed by atoms with Crippen LogP contribution < -0.4 is 9.47 Å². The lowest BCUT2D eigenvalue weighted by Gasteiger charge is -2.39. The second kappa shape index (κ2) is 12.8. The SMILES string of the molecule is CCCCC1(CC)CS(=O)(=O)c2cc(OC)ccc2[C@@H](c2cccc(OCCOCC[N+](C)(C)C)c2)[C@H]1O. The van der Waals surface area contributed by atoms with E-state index >= 15 is 0 Å². The van der Waals surface area contributed by atoms with E-state index in [1.165, 1.54) is 7.11 Å². The minimum atomic E-state index is -3.67. The highest BCUT2D eigenvalue weighted by Crippen LogP contribution is 2.49. The van der Waals surface area contributed by atoms with Gasteiger partial charge in [0.25, 0.3) is 0 Å². The summed E-state index contributed by atoms with van der Waals surface area (Å²) in [5, 5.41) is 12.0. The molecular weight excluding hydrogens is 502 g/mol. The highest BCUT2D eigenvalue weighted by molar-refractivity contribution is 7.91. The molecule has 0 amide bonds. The minimum Gasteiger partial charge on any atom is -0.497 e. The monoisotopic (exact) mass is 548 g/mol. The normalized spacial score (nSPS) is 22.9. The van der Waals surface area contributed by atoms with Crippen LogP contribution in [-0.2, 0) is 14.6 Å². The van der Waals surface area contributed by atoms with Gasteiger partial charge in [-0.3, -0.25) is 0 Å². The van der Waals surface area contributed by atoms with Crippen molar-refractivity contribution >= 4 is 9.84 Å². The molecule has 1 aliphatic rings. The van der Waals surface area contributed by atoms with Crippen LogP contribution in [0.25, 0.3) is 0 Å². The largest absolute Gasteiger partial charge is 0.497 e. The predicted molar refractivity (Wildman–Crippen MR) is 151 cm³/mol. The highest BCUT2D eigenvalue weighted by atomic mass is 32.2. The number of likely N-dealkylation sites (N-methyl/N-ethyl adjacent to an activating group) is 1. The van der Waals surface area contributed by atoms with Crippen LogP contribution in [0.2, 0.25) is 0 Å². The topological polar surface area (TPSA) is 82.1 Å². The molecule has 1 N–H and O–H groups in total. The number of quaternary nitrogens is 1. The van der Waals surface area contributed by atoms with Crippen LogP contribution in [0.4, 0.5) is 0 Å². The number of aliphatic hydroxyl groups is 1. The smallest absolute Gasteiger partial charge is 0.179 e. The Morgan fingerprint density at radius 3 is 2.45 bits per heavy atom. The summed E-state index contributed by atoms with van der Waals surface area (Å²) in [7, 11) is 4.24. The van der Waals surface area contributed by atoms with Crippen molar-refractivity contribution in [3.05, 3.63) is 53.6 Å². The molecule has 2 aromatic rings. The summed E-state index contributed by atoms with van der Waals surface area (Å²) in [5.74, 6) is 0.548. The van der Waals surface area contributed by atoms with Gasteiger partial charge in [-0.1, -0.05) is 44.9 Å². The lowest BCUT2D eigenvalue weighted by Crippen LogP contribution is -2.42. The molecule has 0 bridgehead atoms. The Bertz CT molecular complexity index is 1160. The summed E-state index contributed by atoms with van der Waals surface area (Å²) in [4.78, 5) is 0.240. The Balaban J connectivity index is 1.96. The molecular formula is C30H46NO6S+. The molecule has 0 aromatic heterocycles. The summed E-state index contributed by atoms with van der Waals surface area (Å²) in [6.45, 7) is 6.54. The zero-order chi connectivity index (χ0) is 28.0. The molecule has 0 radical (unpaired) electrons. The molecule has 8 heteroatoms. The van der Waals surface area contributed by atoms with Crippen LogP contribution in [0, 0.1) is 5.41 Å². The first-order valence-electron chi connectivity index (χ1n) is 13.7. The molecule has 0 saturated heterocycles. The summed E-state index contributed by atoms with van der Waals surface area (Å²) < 4.78 is 45.5. The predicted octanol–water partition coefficient (Wildman–Crippen LogP) is 4.66. The van der Waals surface area contributed by atoms with Crippen LogP contribution in [0.3, 0.4) is 0 Å². The molecule has 0 aliphatic carbocycles. The van der Waals surface area contributed by atoms with Crippen molar-refractivity contribution < 1.29 is 32.2 Å². The fraction of sp³-hybridized carbons (Fsp3) is 0.600. The molecule has 1 aliphatic heterocycles. The third-order valence-corrected chi connectivity index (χ3v) is 9.64. The maximum Gasteiger partial charge on any atom is 0.179 e. The number of aliphatic hydroxyl groups excluding tert-OH is 1. The molecule has 2 aromatic carbocycles. The third kappa shape index (κ3) is 7.29. The van der Waals surface area contributed by atoms with Crippen LogP contribution >= 0.6 is 0 Å². The van der Waals surface area contributed by atoms with E-state index in [9.17, 15) is 13.5 Å². The first kappa shape index (κ1) is 30.4. The Morgan fingerprint density at radius 2 is 1.79 bits per heavy atom. The first-order valence-corrected chi connectivity index (χ1v) is 15.3. The molecule has 0 fully saturated rings. The van der Waals surface area contributed by atoms with E-state index in [1.807, 2.05) is 31.2 Å². The molecule has 7 nitrogen and oxygen atoms in total. The number of benzene rings is 2. The number of sulfone groups is 1. The number of unbranched alkanes of at least 4 members (excludes halogenated alkanes) is 1. The van der Waals surface area contributed by atoms with E-state index in [1.54, 1.807) is 18.2 Å². The number of nitrogens with zero attached hydrogens (tertiary/aromatic N) is 1. The van der Waals surface area contributed by atoms with Gasteiger partial charge in [0.05, 0.1) is 58.2 Å². The van der Waals surface area contributed by atoms with Crippen LogP contribution in [-0.4, -0.2) is 84.5 Å². The van der Waals surface area contributed by atoms with Gasteiger partial charge in [0, 0.05) is 11.3 Å². The molecule has 1 heterocycles. The number of methoxy groups -OCH3 is 1. The van der Waals surface area contributed by atoms with Gasteiger partial charge in [0.2, 0.25) is 0 Å². The summed E-state index contributed by atoms with van der Waals surface area (Å²) >= 11 is 0. The molecule has 212 valence electrons. The lowest BCUT2D eigenvalue weighted by atomic mass is 9.69. The Kier molecular flexibility index (Phi) is 10.3. The third-order valence-electron chi connectivity index (χ3n) is 7.66. The minimum absolute atomic E-state index is 0.0882. The van der Waals surface area contributed by atoms with E-state index in [0.29, 0.717) is 49.7 Å². The van der Waals surface area contributed by atoms with E-state index in [4.69, 9.17) is 14.2 Å². The first-order chi connectivity index (χ1) is 18.0. The fourth-order valence-corrected chi connectivity index (χ4v) is 7.57. The Morgan fingerprint density at radius 1 is 1.03 bits per heavy atom. The van der Waals surface area contributed by atoms with Crippen molar-refractivity contribution in [3.63, 3.8) is 0 Å². The fourth-order valence-electron chi connectivity index (χ4n) is 5.29. The maximum absolute atomic E-state index is 13.8. The van der Waals surface area contributed by atoms with E-state index in [0.717, 1.165) is 29.4 Å². The van der Waals surface area contributed by atoms with Gasteiger partial charge < -0.3 is 23.8 Å². The van der Waals surface area contributed by atoms with Crippen molar-refractivity contribution in [1.82, 2.24) is 0 Å². The van der Waals surface area contributed by atoms with E-state index in [-0.39, 0.29) is 10.6 Å². The number of hydrogen-bond donors (Lipinski definition) is 1. The highest BCUT2D eigenvalue weighted by Gasteiger charge is 2.49. The van der Waals surface area contributed by atoms with Crippen LogP contribution in [0.15, 0.2) is 47.4 Å². The van der Waals surface area contributed by atoms with Gasteiger partial charge in [-0.15, -0.1) is 0 Å². The van der Waals surface area contributed by atoms with Crippen LogP contribution in [0.5, 0.6) is 11.5 Å². The number of ether oxygens (including phenoxy) is 3. The molecule has 1 unspecified atom stereocenters. The van der Waals surface area contributed by atoms with Crippen molar-refractivity contribution in [2.24, 2.45) is 5.41 Å². The zero-order valence-corrected chi connectivity index (χ0v) is 24.7. The summed E-state index contributed by atoms with van der Waals surface area (Å²) in [6.07, 6.45) is 2.11. The second-order valence-corrected chi connectivity index (χ2v) is 13.4. The average Bonchev–Trinajstić information content (AvgIpc) is 2.95. The number of rotatable bonds is 13. The average molecular weight is 549 g/mol. The second-order valence-electron chi connectivity index (χ2n) is 11.5. The Labute approximate surface area is 229 Å². The quantitative estimate of drug-likeness (QED) is 0.290. The standard InChI is InChI=1S/C30H46NO6S/c1-7-9-15-30(8-2)22-38(33,34)27-21-24(35-6)13-14-26(27)28(29(30)32)23-11-10-12-25(20-23)37-19-18-36-17-16-31(3,4)5/h10-14,20-21,28-29,32H,7-9,15-19,22H2,1-6H3/q+1/t28-,29-,30?/m1/s1. The summed E-state index contributed by atoms with van der Waals surface area (Å²) in [6, 6.07) is 12.8. The van der Waals surface area contributed by atoms with Crippen molar-refractivity contribution in [2.45, 2.75) is 56.4 Å². The van der Waals surface area contributed by atoms with Gasteiger partial charge in [0.15, 0.2) is 9.84 Å². The lowest BCUT2D eigenvalue weighted by molar-refractivity contribution is -0.870. The van der Waals surface area contributed by atoms with Crippen LogP contribution in [0.1, 0.15) is 56.6 Å². The van der Waals surface area contributed by atoms with Gasteiger partial charge in [0.1, 0.15) is 24.7 Å². The molecule has 3 rings (SSSR count). The molecule has 0 spiro atoms. The van der Waals surface area contributed by atoms with Crippen molar-refractivity contribution in [2.75, 3.05) is 60.4 Å². The Hall–Kier alpha value is -2.13. The molecule has 38 heavy (non-hydrogen) atoms. The number of fused-ring (bicyclic) bond motifs is 1. The zero-order valence-electron chi connectivity index (χ0n) is 23.9. The van der Waals surface area contributed by atoms with E-state index in [2.05, 4.69) is 28.1 Å². The maximum atomic E-state index is 13.8. The molecule has 0 saturated carbocycles. The van der Waals surface area contributed by atoms with Gasteiger partial charge >= 0.3 is 0 Å². The van der Waals surface area contributed by atoms with E-state index < -0.39 is 27.3 Å². The summed E-state index contributed by atoms with van der Waals surface area (Å²) in [5.41, 5.74) is 0.673. The van der Waals surface area contributed by atoms with Crippen molar-refractivity contribution in [1.29, 1.82) is 0 Å². The van der Waals surface area contributed by atoms with Gasteiger partial charge in [-0.2, -0.15) is 0 Å². The number of hydrogen-bond acceptors (Lipinski definition) is 6. The van der Waals surface area contributed by atoms with Gasteiger partial charge in [-0.25, -0.2) is 8.42 Å². The molecule has 3 atom stereocenters.